The number of hydrogen-bond acceptors (Lipinski definition) is 2. The van der Waals surface area contributed by atoms with Crippen LogP contribution in [0.4, 0.5) is 4.39 Å². The highest BCUT2D eigenvalue weighted by Gasteiger charge is 2.31. The minimum Gasteiger partial charge on any atom is -0.309 e. The number of benzene rings is 1. The van der Waals surface area contributed by atoms with Crippen molar-refractivity contribution < 1.29 is 4.39 Å². The third-order valence-corrected chi connectivity index (χ3v) is 4.81. The first-order valence-corrected chi connectivity index (χ1v) is 7.81. The molecule has 1 aromatic carbocycles. The molecule has 0 amide bonds. The van der Waals surface area contributed by atoms with Gasteiger partial charge in [0, 0.05) is 31.7 Å². The Morgan fingerprint density at radius 3 is 2.70 bits per heavy atom. The second-order valence-corrected chi connectivity index (χ2v) is 6.01. The number of halogens is 1. The molecule has 3 heteroatoms. The Balaban J connectivity index is 1.93. The third kappa shape index (κ3) is 3.58. The predicted octanol–water partition coefficient (Wildman–Crippen LogP) is 3.14. The Morgan fingerprint density at radius 2 is 2.05 bits per heavy atom. The van der Waals surface area contributed by atoms with Gasteiger partial charge < -0.3 is 5.32 Å². The summed E-state index contributed by atoms with van der Waals surface area (Å²) in [6.45, 7) is 10.9. The maximum absolute atomic E-state index is 13.1. The molecule has 1 N–H and O–H groups in total. The molecule has 1 aromatic rings. The van der Waals surface area contributed by atoms with Crippen molar-refractivity contribution in [2.75, 3.05) is 26.2 Å². The SMILES string of the molecule is CCC1(CC)CN(CCc2ccc(F)cc2C)CCN1. The highest BCUT2D eigenvalue weighted by atomic mass is 19.1. The number of nitrogens with one attached hydrogen (secondary N) is 1. The van der Waals surface area contributed by atoms with E-state index in [1.54, 1.807) is 12.1 Å². The van der Waals surface area contributed by atoms with Gasteiger partial charge in [0.1, 0.15) is 5.82 Å². The predicted molar refractivity (Wildman–Crippen MR) is 82.6 cm³/mol. The lowest BCUT2D eigenvalue weighted by Crippen LogP contribution is -2.60. The van der Waals surface area contributed by atoms with Crippen molar-refractivity contribution in [3.63, 3.8) is 0 Å². The molecule has 1 fully saturated rings. The molecule has 1 aliphatic heterocycles. The molecule has 2 rings (SSSR count). The van der Waals surface area contributed by atoms with Gasteiger partial charge in [0.05, 0.1) is 0 Å². The summed E-state index contributed by atoms with van der Waals surface area (Å²) in [4.78, 5) is 2.55. The Kier molecular flexibility index (Phi) is 5.17. The molecule has 0 spiro atoms. The summed E-state index contributed by atoms with van der Waals surface area (Å²) in [7, 11) is 0. The van der Waals surface area contributed by atoms with Crippen LogP contribution in [0.2, 0.25) is 0 Å². The van der Waals surface area contributed by atoms with Crippen LogP contribution < -0.4 is 5.32 Å². The molecule has 20 heavy (non-hydrogen) atoms. The third-order valence-electron chi connectivity index (χ3n) is 4.81. The summed E-state index contributed by atoms with van der Waals surface area (Å²) < 4.78 is 13.1. The van der Waals surface area contributed by atoms with E-state index in [4.69, 9.17) is 0 Å². The fourth-order valence-electron chi connectivity index (χ4n) is 3.17. The first-order valence-electron chi connectivity index (χ1n) is 7.81. The molecular formula is C17H27FN2. The highest BCUT2D eigenvalue weighted by molar-refractivity contribution is 5.26. The monoisotopic (exact) mass is 278 g/mol. The fourth-order valence-corrected chi connectivity index (χ4v) is 3.17. The average Bonchev–Trinajstić information content (AvgIpc) is 2.46. The second-order valence-electron chi connectivity index (χ2n) is 6.01. The van der Waals surface area contributed by atoms with E-state index in [-0.39, 0.29) is 11.4 Å². The molecule has 0 saturated carbocycles. The van der Waals surface area contributed by atoms with Gasteiger partial charge in [0.2, 0.25) is 0 Å². The maximum Gasteiger partial charge on any atom is 0.123 e. The van der Waals surface area contributed by atoms with Crippen LogP contribution in [-0.4, -0.2) is 36.6 Å². The molecule has 0 atom stereocenters. The van der Waals surface area contributed by atoms with Crippen molar-refractivity contribution in [3.05, 3.63) is 35.1 Å². The van der Waals surface area contributed by atoms with Crippen LogP contribution in [0.3, 0.4) is 0 Å². The van der Waals surface area contributed by atoms with Crippen LogP contribution in [-0.2, 0) is 6.42 Å². The van der Waals surface area contributed by atoms with E-state index in [0.29, 0.717) is 0 Å². The number of nitrogens with zero attached hydrogens (tertiary/aromatic N) is 1. The van der Waals surface area contributed by atoms with Gasteiger partial charge in [0.25, 0.3) is 0 Å². The normalized spacial score (nSPS) is 19.2. The largest absolute Gasteiger partial charge is 0.309 e. The first kappa shape index (κ1) is 15.5. The van der Waals surface area contributed by atoms with Crippen LogP contribution in [0.15, 0.2) is 18.2 Å². The van der Waals surface area contributed by atoms with Gasteiger partial charge >= 0.3 is 0 Å². The number of aryl methyl sites for hydroxylation is 1. The summed E-state index contributed by atoms with van der Waals surface area (Å²) in [5.74, 6) is -0.135. The summed E-state index contributed by atoms with van der Waals surface area (Å²) in [5.41, 5.74) is 2.62. The van der Waals surface area contributed by atoms with Gasteiger partial charge in [0.15, 0.2) is 0 Å². The Morgan fingerprint density at radius 1 is 1.30 bits per heavy atom. The van der Waals surface area contributed by atoms with E-state index in [2.05, 4.69) is 24.1 Å². The van der Waals surface area contributed by atoms with E-state index in [1.807, 2.05) is 13.0 Å². The Labute approximate surface area is 122 Å². The standard InChI is InChI=1S/C17H27FN2/c1-4-17(5-2)13-20(11-9-19-17)10-8-15-6-7-16(18)12-14(15)3/h6-7,12,19H,4-5,8-11,13H2,1-3H3. The molecule has 1 saturated heterocycles. The maximum atomic E-state index is 13.1. The smallest absolute Gasteiger partial charge is 0.123 e. The first-order chi connectivity index (χ1) is 9.58. The Bertz CT molecular complexity index is 441. The van der Waals surface area contributed by atoms with Gasteiger partial charge in [-0.25, -0.2) is 4.39 Å². The van der Waals surface area contributed by atoms with Crippen LogP contribution in [0, 0.1) is 12.7 Å². The van der Waals surface area contributed by atoms with Gasteiger partial charge in [-0.3, -0.25) is 4.90 Å². The zero-order chi connectivity index (χ0) is 14.6. The molecule has 0 aliphatic carbocycles. The number of rotatable bonds is 5. The average molecular weight is 278 g/mol. The van der Waals surface area contributed by atoms with Gasteiger partial charge in [-0.05, 0) is 49.4 Å². The summed E-state index contributed by atoms with van der Waals surface area (Å²) in [5, 5.41) is 3.69. The zero-order valence-electron chi connectivity index (χ0n) is 13.0. The number of hydrogen-bond donors (Lipinski definition) is 1. The topological polar surface area (TPSA) is 15.3 Å². The molecule has 1 heterocycles. The molecule has 0 aromatic heterocycles. The van der Waals surface area contributed by atoms with Crippen molar-refractivity contribution in [1.82, 2.24) is 10.2 Å². The van der Waals surface area contributed by atoms with Crippen LogP contribution >= 0.6 is 0 Å². The lowest BCUT2D eigenvalue weighted by Gasteiger charge is -2.43. The van der Waals surface area contributed by atoms with Gasteiger partial charge in [-0.15, -0.1) is 0 Å². The van der Waals surface area contributed by atoms with Crippen LogP contribution in [0.1, 0.15) is 37.8 Å². The molecule has 0 unspecified atom stereocenters. The van der Waals surface area contributed by atoms with E-state index < -0.39 is 0 Å². The number of piperazine rings is 1. The highest BCUT2D eigenvalue weighted by Crippen LogP contribution is 2.20. The lowest BCUT2D eigenvalue weighted by molar-refractivity contribution is 0.125. The van der Waals surface area contributed by atoms with Crippen LogP contribution in [0.5, 0.6) is 0 Å². The van der Waals surface area contributed by atoms with E-state index in [1.165, 1.54) is 18.4 Å². The summed E-state index contributed by atoms with van der Waals surface area (Å²) >= 11 is 0. The summed E-state index contributed by atoms with van der Waals surface area (Å²) in [6, 6.07) is 5.14. The lowest BCUT2D eigenvalue weighted by atomic mass is 9.90. The van der Waals surface area contributed by atoms with Crippen molar-refractivity contribution >= 4 is 0 Å². The molecule has 112 valence electrons. The van der Waals surface area contributed by atoms with Gasteiger partial charge in [-0.2, -0.15) is 0 Å². The van der Waals surface area contributed by atoms with Crippen molar-refractivity contribution in [1.29, 1.82) is 0 Å². The quantitative estimate of drug-likeness (QED) is 0.890. The summed E-state index contributed by atoms with van der Waals surface area (Å²) in [6.07, 6.45) is 3.36. The van der Waals surface area contributed by atoms with Gasteiger partial charge in [-0.1, -0.05) is 19.9 Å². The minimum atomic E-state index is -0.135. The molecule has 0 radical (unpaired) electrons. The Hall–Kier alpha value is -0.930. The van der Waals surface area contributed by atoms with E-state index in [9.17, 15) is 4.39 Å². The molecule has 1 aliphatic rings. The molecule has 2 nitrogen and oxygen atoms in total. The zero-order valence-corrected chi connectivity index (χ0v) is 13.0. The van der Waals surface area contributed by atoms with Crippen molar-refractivity contribution in [3.8, 4) is 0 Å². The fraction of sp³-hybridized carbons (Fsp3) is 0.647. The van der Waals surface area contributed by atoms with E-state index in [0.717, 1.165) is 38.2 Å². The molecular weight excluding hydrogens is 251 g/mol. The van der Waals surface area contributed by atoms with Crippen LogP contribution in [0.25, 0.3) is 0 Å². The second kappa shape index (κ2) is 6.68. The molecule has 0 bridgehead atoms. The van der Waals surface area contributed by atoms with Crippen molar-refractivity contribution in [2.45, 2.75) is 45.6 Å². The van der Waals surface area contributed by atoms with Crippen molar-refractivity contribution in [2.24, 2.45) is 0 Å². The minimum absolute atomic E-state index is 0.135. The van der Waals surface area contributed by atoms with E-state index >= 15 is 0 Å².